The van der Waals surface area contributed by atoms with Gasteiger partial charge in [0.05, 0.1) is 9.61 Å². The van der Waals surface area contributed by atoms with Gasteiger partial charge in [-0.15, -0.1) is 0 Å². The lowest BCUT2D eigenvalue weighted by atomic mass is 10.2. The maximum Gasteiger partial charge on any atom is 0.264 e. The largest absolute Gasteiger partial charge is 0.508 e. The van der Waals surface area contributed by atoms with Crippen LogP contribution in [0.4, 0.5) is 5.82 Å². The molecule has 0 radical (unpaired) electrons. The number of phenolic OH excluding ortho intramolecular Hbond substituents is 1. The third kappa shape index (κ3) is 2.91. The maximum atomic E-state index is 12.1. The first-order chi connectivity index (χ1) is 11.7. The van der Waals surface area contributed by atoms with E-state index >= 15 is 0 Å². The summed E-state index contributed by atoms with van der Waals surface area (Å²) < 4.78 is 5.40. The second-order valence-electron chi connectivity index (χ2n) is 5.08. The van der Waals surface area contributed by atoms with E-state index in [4.69, 9.17) is 0 Å². The molecule has 1 fully saturated rings. The summed E-state index contributed by atoms with van der Waals surface area (Å²) in [6.45, 7) is 0. The molecule has 5 nitrogen and oxygen atoms in total. The van der Waals surface area contributed by atoms with E-state index in [-0.39, 0.29) is 11.7 Å². The lowest BCUT2D eigenvalue weighted by Crippen LogP contribution is -2.19. The SMILES string of the molecule is O=C1NC(=Nc2nsc3ccccc23)S/C1=C\c1cccc(O)c1. The molecule has 0 unspecified atom stereocenters. The number of rotatable bonds is 2. The van der Waals surface area contributed by atoms with Crippen LogP contribution in [0.1, 0.15) is 5.56 Å². The molecule has 1 amide bonds. The van der Waals surface area contributed by atoms with E-state index in [0.29, 0.717) is 15.9 Å². The van der Waals surface area contributed by atoms with Gasteiger partial charge in [-0.05, 0) is 59.2 Å². The molecule has 1 aliphatic heterocycles. The van der Waals surface area contributed by atoms with Crippen LogP contribution in [0, 0.1) is 0 Å². The second kappa shape index (κ2) is 6.10. The van der Waals surface area contributed by atoms with Gasteiger partial charge in [0.15, 0.2) is 11.0 Å². The van der Waals surface area contributed by atoms with Crippen molar-refractivity contribution in [1.82, 2.24) is 9.69 Å². The fourth-order valence-electron chi connectivity index (χ4n) is 2.30. The Morgan fingerprint density at radius 2 is 2.04 bits per heavy atom. The molecule has 7 heteroatoms. The van der Waals surface area contributed by atoms with Crippen molar-refractivity contribution in [3.05, 3.63) is 59.0 Å². The molecule has 4 rings (SSSR count). The van der Waals surface area contributed by atoms with E-state index in [2.05, 4.69) is 14.7 Å². The monoisotopic (exact) mass is 353 g/mol. The number of fused-ring (bicyclic) bond motifs is 1. The third-order valence-electron chi connectivity index (χ3n) is 3.38. The number of hydrogen-bond acceptors (Lipinski definition) is 6. The van der Waals surface area contributed by atoms with Crippen LogP contribution in [0.25, 0.3) is 16.2 Å². The fraction of sp³-hybridized carbons (Fsp3) is 0. The smallest absolute Gasteiger partial charge is 0.264 e. The minimum Gasteiger partial charge on any atom is -0.508 e. The van der Waals surface area contributed by atoms with Crippen molar-refractivity contribution < 1.29 is 9.90 Å². The maximum absolute atomic E-state index is 12.1. The summed E-state index contributed by atoms with van der Waals surface area (Å²) in [5, 5.41) is 13.7. The molecule has 2 N–H and O–H groups in total. The van der Waals surface area contributed by atoms with Gasteiger partial charge < -0.3 is 10.4 Å². The number of phenols is 1. The molecule has 0 saturated carbocycles. The average molecular weight is 353 g/mol. The molecular formula is C17H11N3O2S2. The highest BCUT2D eigenvalue weighted by atomic mass is 32.2. The summed E-state index contributed by atoms with van der Waals surface area (Å²) in [5.74, 6) is 0.564. The molecule has 0 spiro atoms. The number of nitrogens with zero attached hydrogens (tertiary/aromatic N) is 2. The van der Waals surface area contributed by atoms with Crippen LogP contribution in [-0.2, 0) is 4.79 Å². The zero-order valence-electron chi connectivity index (χ0n) is 12.3. The van der Waals surface area contributed by atoms with E-state index in [1.54, 1.807) is 24.3 Å². The molecule has 2 aromatic carbocycles. The van der Waals surface area contributed by atoms with Gasteiger partial charge in [-0.25, -0.2) is 4.99 Å². The Hall–Kier alpha value is -2.64. The summed E-state index contributed by atoms with van der Waals surface area (Å²) in [5.41, 5.74) is 0.757. The van der Waals surface area contributed by atoms with Crippen molar-refractivity contribution >= 4 is 56.3 Å². The van der Waals surface area contributed by atoms with Crippen molar-refractivity contribution in [2.45, 2.75) is 0 Å². The van der Waals surface area contributed by atoms with Gasteiger partial charge in [-0.2, -0.15) is 4.37 Å². The van der Waals surface area contributed by atoms with Crippen molar-refractivity contribution in [2.24, 2.45) is 4.99 Å². The fourth-order valence-corrected chi connectivity index (χ4v) is 3.84. The molecule has 0 atom stereocenters. The molecule has 3 aromatic rings. The predicted molar refractivity (Wildman–Crippen MR) is 98.5 cm³/mol. The minimum absolute atomic E-state index is 0.163. The molecular weight excluding hydrogens is 342 g/mol. The summed E-state index contributed by atoms with van der Waals surface area (Å²) in [6, 6.07) is 14.6. The Morgan fingerprint density at radius 3 is 2.92 bits per heavy atom. The molecule has 0 aliphatic carbocycles. The summed E-state index contributed by atoms with van der Waals surface area (Å²) >= 11 is 2.64. The van der Waals surface area contributed by atoms with Gasteiger partial charge in [0.2, 0.25) is 0 Å². The Bertz CT molecular complexity index is 1010. The van der Waals surface area contributed by atoms with Gasteiger partial charge in [0.25, 0.3) is 5.91 Å². The first-order valence-electron chi connectivity index (χ1n) is 7.12. The van der Waals surface area contributed by atoms with Crippen LogP contribution in [0.2, 0.25) is 0 Å². The standard InChI is InChI=1S/C17H11N3O2S2/c21-11-5-3-4-10(8-11)9-14-16(22)19-17(23-14)18-15-12-6-1-2-7-13(12)24-20-15/h1-9,21H,(H,18,19,20,22)/b14-9-. The lowest BCUT2D eigenvalue weighted by molar-refractivity contribution is -0.115. The Morgan fingerprint density at radius 1 is 1.17 bits per heavy atom. The molecule has 0 bridgehead atoms. The van der Waals surface area contributed by atoms with Crippen LogP contribution in [-0.4, -0.2) is 20.6 Å². The van der Waals surface area contributed by atoms with Crippen LogP contribution in [0.15, 0.2) is 58.4 Å². The van der Waals surface area contributed by atoms with E-state index < -0.39 is 0 Å². The van der Waals surface area contributed by atoms with Crippen molar-refractivity contribution in [3.63, 3.8) is 0 Å². The van der Waals surface area contributed by atoms with Crippen LogP contribution >= 0.6 is 23.3 Å². The highest BCUT2D eigenvalue weighted by Gasteiger charge is 2.24. The molecule has 1 aromatic heterocycles. The number of carbonyl (C=O) groups is 1. The Labute approximate surface area is 145 Å². The molecule has 1 aliphatic rings. The topological polar surface area (TPSA) is 74.6 Å². The molecule has 24 heavy (non-hydrogen) atoms. The summed E-state index contributed by atoms with van der Waals surface area (Å²) in [4.78, 5) is 17.1. The first kappa shape index (κ1) is 14.9. The van der Waals surface area contributed by atoms with Gasteiger partial charge in [0.1, 0.15) is 5.75 Å². The van der Waals surface area contributed by atoms with Gasteiger partial charge >= 0.3 is 0 Å². The average Bonchev–Trinajstić information content (AvgIpc) is 3.12. The highest BCUT2D eigenvalue weighted by molar-refractivity contribution is 8.18. The van der Waals surface area contributed by atoms with Crippen molar-refractivity contribution in [1.29, 1.82) is 0 Å². The van der Waals surface area contributed by atoms with Crippen LogP contribution < -0.4 is 5.32 Å². The number of aromatic nitrogens is 1. The Kier molecular flexibility index (Phi) is 3.79. The number of thioether (sulfide) groups is 1. The van der Waals surface area contributed by atoms with E-state index in [0.717, 1.165) is 15.6 Å². The van der Waals surface area contributed by atoms with Crippen molar-refractivity contribution in [2.75, 3.05) is 0 Å². The molecule has 118 valence electrons. The molecule has 1 saturated heterocycles. The number of amidine groups is 1. The second-order valence-corrected chi connectivity index (χ2v) is 6.91. The zero-order valence-corrected chi connectivity index (χ0v) is 13.9. The number of aliphatic imine (C=N–C) groups is 1. The normalized spacial score (nSPS) is 17.8. The molecule has 2 heterocycles. The summed E-state index contributed by atoms with van der Waals surface area (Å²) in [6.07, 6.45) is 1.72. The van der Waals surface area contributed by atoms with Gasteiger partial charge in [0, 0.05) is 5.39 Å². The third-order valence-corrected chi connectivity index (χ3v) is 5.11. The quantitative estimate of drug-likeness (QED) is 0.685. The first-order valence-corrected chi connectivity index (χ1v) is 8.71. The summed E-state index contributed by atoms with van der Waals surface area (Å²) in [7, 11) is 0. The van der Waals surface area contributed by atoms with E-state index in [9.17, 15) is 9.90 Å². The number of benzene rings is 2. The number of hydrogen-bond donors (Lipinski definition) is 2. The number of amides is 1. The predicted octanol–water partition coefficient (Wildman–Crippen LogP) is 3.89. The van der Waals surface area contributed by atoms with Gasteiger partial charge in [-0.1, -0.05) is 24.3 Å². The highest BCUT2D eigenvalue weighted by Crippen LogP contribution is 2.32. The van der Waals surface area contributed by atoms with E-state index in [1.807, 2.05) is 30.3 Å². The minimum atomic E-state index is -0.207. The van der Waals surface area contributed by atoms with E-state index in [1.165, 1.54) is 23.3 Å². The van der Waals surface area contributed by atoms with Gasteiger partial charge in [-0.3, -0.25) is 4.79 Å². The van der Waals surface area contributed by atoms with Crippen LogP contribution in [0.5, 0.6) is 5.75 Å². The Balaban J connectivity index is 1.64. The van der Waals surface area contributed by atoms with Crippen LogP contribution in [0.3, 0.4) is 0 Å². The zero-order chi connectivity index (χ0) is 16.5. The number of aromatic hydroxyl groups is 1. The number of nitrogens with one attached hydrogen (secondary N) is 1. The number of carbonyl (C=O) groups excluding carboxylic acids is 1. The van der Waals surface area contributed by atoms with Crippen molar-refractivity contribution in [3.8, 4) is 5.75 Å². The lowest BCUT2D eigenvalue weighted by Gasteiger charge is -1.96.